The molecule has 3 heterocycles. The molecule has 1 aliphatic heterocycles. The van der Waals surface area contributed by atoms with Crippen molar-refractivity contribution >= 4 is 5.69 Å². The molecule has 0 amide bonds. The smallest absolute Gasteiger partial charge is 0.270 e. The minimum absolute atomic E-state index is 0.0605. The first-order valence-electron chi connectivity index (χ1n) is 8.89. The van der Waals surface area contributed by atoms with Gasteiger partial charge in [0.15, 0.2) is 0 Å². The number of aromatic nitrogens is 1. The van der Waals surface area contributed by atoms with Gasteiger partial charge in [-0.05, 0) is 29.8 Å². The van der Waals surface area contributed by atoms with E-state index in [-0.39, 0.29) is 11.7 Å². The van der Waals surface area contributed by atoms with Crippen LogP contribution in [0.5, 0.6) is 0 Å². The van der Waals surface area contributed by atoms with Crippen LogP contribution in [-0.2, 0) is 6.54 Å². The minimum atomic E-state index is -0.395. The first kappa shape index (κ1) is 17.4. The number of benzene rings is 1. The maximum Gasteiger partial charge on any atom is 0.270 e. The predicted octanol–water partition coefficient (Wildman–Crippen LogP) is 3.40. The lowest BCUT2D eigenvalue weighted by Crippen LogP contribution is -2.45. The number of rotatable bonds is 5. The highest BCUT2D eigenvalue weighted by Crippen LogP contribution is 2.28. The first-order chi connectivity index (χ1) is 13.2. The third kappa shape index (κ3) is 3.89. The van der Waals surface area contributed by atoms with Crippen molar-refractivity contribution in [1.29, 1.82) is 0 Å². The van der Waals surface area contributed by atoms with Gasteiger partial charge in [-0.1, -0.05) is 12.1 Å². The molecular weight excluding hydrogens is 344 g/mol. The number of nitro benzene ring substituents is 1. The summed E-state index contributed by atoms with van der Waals surface area (Å²) in [7, 11) is 0. The van der Waals surface area contributed by atoms with Crippen molar-refractivity contribution in [3.63, 3.8) is 0 Å². The van der Waals surface area contributed by atoms with Crippen LogP contribution < -0.4 is 5.32 Å². The molecule has 0 bridgehead atoms. The average Bonchev–Trinajstić information content (AvgIpc) is 3.18. The molecule has 1 saturated heterocycles. The number of nitro groups is 1. The summed E-state index contributed by atoms with van der Waals surface area (Å²) in [5.74, 6) is 1.49. The summed E-state index contributed by atoms with van der Waals surface area (Å²) >= 11 is 0. The Kier molecular flexibility index (Phi) is 4.95. The monoisotopic (exact) mass is 364 g/mol. The lowest BCUT2D eigenvalue weighted by molar-refractivity contribution is -0.384. The van der Waals surface area contributed by atoms with E-state index >= 15 is 0 Å². The molecule has 0 aliphatic carbocycles. The maximum absolute atomic E-state index is 11.0. The fourth-order valence-corrected chi connectivity index (χ4v) is 3.44. The molecule has 7 heteroatoms. The van der Waals surface area contributed by atoms with Crippen LogP contribution >= 0.6 is 0 Å². The van der Waals surface area contributed by atoms with Gasteiger partial charge in [0.25, 0.3) is 5.69 Å². The van der Waals surface area contributed by atoms with Crippen molar-refractivity contribution in [2.75, 3.05) is 19.6 Å². The van der Waals surface area contributed by atoms with Gasteiger partial charge in [0.1, 0.15) is 11.5 Å². The Morgan fingerprint density at radius 1 is 1.22 bits per heavy atom. The van der Waals surface area contributed by atoms with Crippen molar-refractivity contribution < 1.29 is 9.34 Å². The lowest BCUT2D eigenvalue weighted by Gasteiger charge is -2.35. The number of nitrogens with one attached hydrogen (secondary N) is 1. The summed E-state index contributed by atoms with van der Waals surface area (Å²) < 4.78 is 5.99. The number of pyridine rings is 1. The molecule has 4 rings (SSSR count). The van der Waals surface area contributed by atoms with E-state index in [2.05, 4.69) is 15.2 Å². The Labute approximate surface area is 156 Å². The second-order valence-electron chi connectivity index (χ2n) is 6.54. The largest absolute Gasteiger partial charge is 0.460 e. The highest BCUT2D eigenvalue weighted by molar-refractivity contribution is 5.61. The van der Waals surface area contributed by atoms with Crippen molar-refractivity contribution in [2.45, 2.75) is 12.6 Å². The second kappa shape index (κ2) is 7.69. The van der Waals surface area contributed by atoms with Crippen LogP contribution in [0.3, 0.4) is 0 Å². The number of hydrogen-bond donors (Lipinski definition) is 1. The topological polar surface area (TPSA) is 84.4 Å². The number of nitrogens with zero attached hydrogens (tertiary/aromatic N) is 3. The Hall–Kier alpha value is -3.03. The number of piperazine rings is 1. The van der Waals surface area contributed by atoms with E-state index in [1.54, 1.807) is 6.07 Å². The zero-order valence-electron chi connectivity index (χ0n) is 14.7. The number of non-ortho nitro benzene ring substituents is 1. The van der Waals surface area contributed by atoms with E-state index in [0.717, 1.165) is 25.4 Å². The van der Waals surface area contributed by atoms with Gasteiger partial charge in [-0.25, -0.2) is 0 Å². The molecule has 138 valence electrons. The normalized spacial score (nSPS) is 17.7. The summed E-state index contributed by atoms with van der Waals surface area (Å²) in [5, 5.41) is 14.4. The minimum Gasteiger partial charge on any atom is -0.460 e. The standard InChI is InChI=1S/C20H20N4O3/c25-24(26)17-3-1-2-16(12-17)20-5-4-18(27-20)14-23-11-10-22-13-19(23)15-6-8-21-9-7-15/h1-9,12,19,22H,10-11,13-14H2. The predicted molar refractivity (Wildman–Crippen MR) is 101 cm³/mol. The van der Waals surface area contributed by atoms with E-state index in [1.165, 1.54) is 17.7 Å². The van der Waals surface area contributed by atoms with E-state index in [9.17, 15) is 10.1 Å². The fraction of sp³-hybridized carbons (Fsp3) is 0.250. The van der Waals surface area contributed by atoms with Gasteiger partial charge in [-0.2, -0.15) is 0 Å². The Morgan fingerprint density at radius 3 is 2.89 bits per heavy atom. The van der Waals surface area contributed by atoms with Crippen LogP contribution in [0.25, 0.3) is 11.3 Å². The molecule has 7 nitrogen and oxygen atoms in total. The highest BCUT2D eigenvalue weighted by Gasteiger charge is 2.24. The quantitative estimate of drug-likeness (QED) is 0.552. The summed E-state index contributed by atoms with van der Waals surface area (Å²) in [6, 6.07) is 14.7. The summed E-state index contributed by atoms with van der Waals surface area (Å²) in [4.78, 5) is 17.1. The van der Waals surface area contributed by atoms with Gasteiger partial charge >= 0.3 is 0 Å². The molecule has 0 saturated carbocycles. The van der Waals surface area contributed by atoms with Gasteiger partial charge in [0.2, 0.25) is 0 Å². The van der Waals surface area contributed by atoms with Gasteiger partial charge in [-0.15, -0.1) is 0 Å². The van der Waals surface area contributed by atoms with Crippen molar-refractivity contribution in [3.8, 4) is 11.3 Å². The van der Waals surface area contributed by atoms with Gasteiger partial charge < -0.3 is 9.73 Å². The van der Waals surface area contributed by atoms with Gasteiger partial charge in [-0.3, -0.25) is 20.0 Å². The second-order valence-corrected chi connectivity index (χ2v) is 6.54. The van der Waals surface area contributed by atoms with Crippen LogP contribution in [0.15, 0.2) is 65.3 Å². The number of furan rings is 1. The van der Waals surface area contributed by atoms with Crippen molar-refractivity contribution in [3.05, 3.63) is 82.4 Å². The zero-order valence-corrected chi connectivity index (χ0v) is 14.7. The Morgan fingerprint density at radius 2 is 2.07 bits per heavy atom. The average molecular weight is 364 g/mol. The van der Waals surface area contributed by atoms with Gasteiger partial charge in [0.05, 0.1) is 11.5 Å². The van der Waals surface area contributed by atoms with Crippen molar-refractivity contribution in [2.24, 2.45) is 0 Å². The van der Waals surface area contributed by atoms with Crippen LogP contribution in [-0.4, -0.2) is 34.4 Å². The summed E-state index contributed by atoms with van der Waals surface area (Å²) in [6.07, 6.45) is 3.63. The first-order valence-corrected chi connectivity index (χ1v) is 8.89. The number of hydrogen-bond acceptors (Lipinski definition) is 6. The molecule has 1 N–H and O–H groups in total. The van der Waals surface area contributed by atoms with E-state index in [1.807, 2.05) is 42.7 Å². The maximum atomic E-state index is 11.0. The molecule has 2 aromatic heterocycles. The third-order valence-electron chi connectivity index (χ3n) is 4.81. The molecule has 0 radical (unpaired) electrons. The van der Waals surface area contributed by atoms with Crippen LogP contribution in [0, 0.1) is 10.1 Å². The van der Waals surface area contributed by atoms with Gasteiger partial charge in [0, 0.05) is 55.8 Å². The molecule has 1 aliphatic rings. The third-order valence-corrected chi connectivity index (χ3v) is 4.81. The summed E-state index contributed by atoms with van der Waals surface area (Å²) in [6.45, 7) is 3.41. The van der Waals surface area contributed by atoms with Crippen molar-refractivity contribution in [1.82, 2.24) is 15.2 Å². The van der Waals surface area contributed by atoms with E-state index in [0.29, 0.717) is 17.9 Å². The molecule has 27 heavy (non-hydrogen) atoms. The summed E-state index contributed by atoms with van der Waals surface area (Å²) in [5.41, 5.74) is 1.99. The van der Waals surface area contributed by atoms with E-state index in [4.69, 9.17) is 4.42 Å². The fourth-order valence-electron chi connectivity index (χ4n) is 3.44. The van der Waals surface area contributed by atoms with Crippen LogP contribution in [0.1, 0.15) is 17.4 Å². The van der Waals surface area contributed by atoms with E-state index < -0.39 is 4.92 Å². The molecule has 1 aromatic carbocycles. The highest BCUT2D eigenvalue weighted by atomic mass is 16.6. The molecule has 1 atom stereocenters. The molecule has 3 aromatic rings. The molecular formula is C20H20N4O3. The molecule has 0 spiro atoms. The zero-order chi connectivity index (χ0) is 18.6. The molecule has 1 unspecified atom stereocenters. The molecule has 1 fully saturated rings. The Balaban J connectivity index is 1.53. The Bertz CT molecular complexity index is 926. The SMILES string of the molecule is O=[N+]([O-])c1cccc(-c2ccc(CN3CCNCC3c3ccncc3)o2)c1. The lowest BCUT2D eigenvalue weighted by atomic mass is 10.0. The van der Waals surface area contributed by atoms with Crippen LogP contribution in [0.2, 0.25) is 0 Å². The van der Waals surface area contributed by atoms with Crippen LogP contribution in [0.4, 0.5) is 5.69 Å².